The van der Waals surface area contributed by atoms with E-state index < -0.39 is 0 Å². The summed E-state index contributed by atoms with van der Waals surface area (Å²) in [6.07, 6.45) is 3.29. The van der Waals surface area contributed by atoms with Gasteiger partial charge in [-0.3, -0.25) is 0 Å². The van der Waals surface area contributed by atoms with E-state index in [1.165, 1.54) is 28.7 Å². The van der Waals surface area contributed by atoms with Crippen LogP contribution in [0, 0.1) is 0 Å². The summed E-state index contributed by atoms with van der Waals surface area (Å²) in [5, 5.41) is 10.6. The summed E-state index contributed by atoms with van der Waals surface area (Å²) >= 11 is 6.15. The van der Waals surface area contributed by atoms with Gasteiger partial charge in [-0.05, 0) is 60.7 Å². The average molecular weight is 313 g/mol. The standard InChI is InChI=1S/C19H20ClNO/c1-21-9-8-13-10-16(20)18(22)11-15(13)19-14-5-3-2-4-12(14)6-7-17(19)21/h2-5,10-11,17,19,22H,6-9H2,1H3/t17-,19+/m0/s1/i1-1. The van der Waals surface area contributed by atoms with Crippen LogP contribution in [0.5, 0.6) is 5.75 Å². The number of phenolic OH excluding ortho intramolecular Hbond substituents is 1. The van der Waals surface area contributed by atoms with Crippen molar-refractivity contribution in [3.05, 3.63) is 63.7 Å². The maximum Gasteiger partial charge on any atom is 0.134 e. The van der Waals surface area contributed by atoms with Gasteiger partial charge in [-0.15, -0.1) is 0 Å². The Balaban J connectivity index is 1.94. The van der Waals surface area contributed by atoms with Gasteiger partial charge in [0.2, 0.25) is 0 Å². The molecule has 0 bridgehead atoms. The molecule has 0 unspecified atom stereocenters. The first-order valence-corrected chi connectivity index (χ1v) is 8.32. The predicted molar refractivity (Wildman–Crippen MR) is 89.8 cm³/mol. The van der Waals surface area contributed by atoms with E-state index >= 15 is 0 Å². The SMILES string of the molecule is [11CH3]N1CCc2cc(Cl)c(O)cc2[C@H]2c3ccccc3CC[C@@H]21. The number of hydrogen-bond donors (Lipinski definition) is 1. The molecule has 2 aromatic rings. The summed E-state index contributed by atoms with van der Waals surface area (Å²) in [5.74, 6) is 0.530. The fourth-order valence-corrected chi connectivity index (χ4v) is 4.37. The topological polar surface area (TPSA) is 23.5 Å². The van der Waals surface area contributed by atoms with Crippen molar-refractivity contribution in [1.29, 1.82) is 0 Å². The van der Waals surface area contributed by atoms with Crippen LogP contribution in [-0.4, -0.2) is 29.6 Å². The maximum absolute atomic E-state index is 10.1. The molecular formula is C19H20ClNO. The molecule has 0 radical (unpaired) electrons. The molecule has 2 atom stereocenters. The summed E-state index contributed by atoms with van der Waals surface area (Å²) in [4.78, 5) is 2.48. The fraction of sp³-hybridized carbons (Fsp3) is 0.368. The molecule has 114 valence electrons. The van der Waals surface area contributed by atoms with Crippen molar-refractivity contribution >= 4 is 11.6 Å². The van der Waals surface area contributed by atoms with Crippen LogP contribution in [0.2, 0.25) is 5.02 Å². The molecule has 1 aliphatic heterocycles. The Morgan fingerprint density at radius 2 is 1.91 bits per heavy atom. The molecule has 22 heavy (non-hydrogen) atoms. The van der Waals surface area contributed by atoms with Gasteiger partial charge in [-0.25, -0.2) is 0 Å². The summed E-state index contributed by atoms with van der Waals surface area (Å²) in [5.41, 5.74) is 5.39. The van der Waals surface area contributed by atoms with Crippen molar-refractivity contribution in [1.82, 2.24) is 4.90 Å². The number of rotatable bonds is 0. The first-order valence-electron chi connectivity index (χ1n) is 7.94. The number of phenols is 1. The number of hydrogen-bond acceptors (Lipinski definition) is 2. The van der Waals surface area contributed by atoms with E-state index in [0.717, 1.165) is 19.4 Å². The van der Waals surface area contributed by atoms with E-state index in [1.807, 2.05) is 12.1 Å². The van der Waals surface area contributed by atoms with E-state index in [2.05, 4.69) is 36.2 Å². The molecular weight excluding hydrogens is 293 g/mol. The third-order valence-corrected chi connectivity index (χ3v) is 5.63. The van der Waals surface area contributed by atoms with Gasteiger partial charge in [0, 0.05) is 18.5 Å². The van der Waals surface area contributed by atoms with Crippen LogP contribution in [-0.2, 0) is 12.8 Å². The maximum atomic E-state index is 10.1. The van der Waals surface area contributed by atoms with Crippen LogP contribution in [0.25, 0.3) is 0 Å². The van der Waals surface area contributed by atoms with E-state index in [1.54, 1.807) is 0 Å². The van der Waals surface area contributed by atoms with E-state index in [9.17, 15) is 5.11 Å². The van der Waals surface area contributed by atoms with E-state index in [0.29, 0.717) is 17.0 Å². The van der Waals surface area contributed by atoms with Crippen molar-refractivity contribution in [2.75, 3.05) is 13.6 Å². The molecule has 1 N–H and O–H groups in total. The molecule has 2 aromatic carbocycles. The zero-order valence-corrected chi connectivity index (χ0v) is 13.5. The second-order valence-electron chi connectivity index (χ2n) is 6.52. The Morgan fingerprint density at radius 3 is 2.77 bits per heavy atom. The van der Waals surface area contributed by atoms with Crippen LogP contribution in [0.1, 0.15) is 34.6 Å². The Bertz CT molecular complexity index is 727. The normalized spacial score (nSPS) is 24.1. The lowest BCUT2D eigenvalue weighted by atomic mass is 9.74. The number of aryl methyl sites for hydroxylation is 1. The Morgan fingerprint density at radius 1 is 1.09 bits per heavy atom. The Labute approximate surface area is 136 Å². The molecule has 0 aromatic heterocycles. The zero-order valence-electron chi connectivity index (χ0n) is 12.7. The quantitative estimate of drug-likeness (QED) is 0.795. The number of halogens is 1. The smallest absolute Gasteiger partial charge is 0.134 e. The van der Waals surface area contributed by atoms with Gasteiger partial charge in [0.25, 0.3) is 0 Å². The highest BCUT2D eigenvalue weighted by molar-refractivity contribution is 6.32. The van der Waals surface area contributed by atoms with Crippen molar-refractivity contribution < 1.29 is 5.11 Å². The molecule has 0 saturated carbocycles. The van der Waals surface area contributed by atoms with Crippen LogP contribution >= 0.6 is 11.6 Å². The summed E-state index contributed by atoms with van der Waals surface area (Å²) < 4.78 is 0. The Hall–Kier alpha value is -1.51. The van der Waals surface area contributed by atoms with Crippen LogP contribution < -0.4 is 0 Å². The largest absolute Gasteiger partial charge is 0.506 e. The summed E-state index contributed by atoms with van der Waals surface area (Å²) in [6, 6.07) is 13.1. The van der Waals surface area contributed by atoms with E-state index in [4.69, 9.17) is 11.6 Å². The van der Waals surface area contributed by atoms with Gasteiger partial charge >= 0.3 is 0 Å². The third-order valence-electron chi connectivity index (χ3n) is 5.33. The second kappa shape index (κ2) is 5.29. The van der Waals surface area contributed by atoms with Crippen molar-refractivity contribution in [2.45, 2.75) is 31.2 Å². The molecule has 1 aliphatic carbocycles. The first kappa shape index (κ1) is 14.1. The number of aromatic hydroxyl groups is 1. The van der Waals surface area contributed by atoms with Crippen molar-refractivity contribution in [3.8, 4) is 5.75 Å². The molecule has 4 rings (SSSR count). The molecule has 0 fully saturated rings. The minimum atomic E-state index is 0.201. The first-order chi connectivity index (χ1) is 10.6. The molecule has 0 spiro atoms. The van der Waals surface area contributed by atoms with Crippen LogP contribution in [0.4, 0.5) is 0 Å². The van der Waals surface area contributed by atoms with E-state index in [-0.39, 0.29) is 5.75 Å². The van der Waals surface area contributed by atoms with Gasteiger partial charge in [-0.1, -0.05) is 35.9 Å². The second-order valence-corrected chi connectivity index (χ2v) is 6.92. The van der Waals surface area contributed by atoms with Crippen LogP contribution in [0.15, 0.2) is 36.4 Å². The molecule has 0 amide bonds. The molecule has 1 heterocycles. The summed E-state index contributed by atoms with van der Waals surface area (Å²) in [7, 11) is 2.22. The highest BCUT2D eigenvalue weighted by atomic mass is 35.5. The Kier molecular flexibility index (Phi) is 3.39. The van der Waals surface area contributed by atoms with Gasteiger partial charge in [0.15, 0.2) is 0 Å². The lowest BCUT2D eigenvalue weighted by molar-refractivity contribution is 0.214. The van der Waals surface area contributed by atoms with Gasteiger partial charge in [0.05, 0.1) is 5.02 Å². The number of fused-ring (bicyclic) bond motifs is 5. The highest BCUT2D eigenvalue weighted by Gasteiger charge is 2.36. The molecule has 2 aliphatic rings. The number of likely N-dealkylation sites (N-methyl/N-ethyl adjacent to an activating group) is 1. The highest BCUT2D eigenvalue weighted by Crippen LogP contribution is 2.44. The molecule has 0 saturated heterocycles. The van der Waals surface area contributed by atoms with Crippen LogP contribution in [0.3, 0.4) is 0 Å². The predicted octanol–water partition coefficient (Wildman–Crippen LogP) is 3.98. The minimum Gasteiger partial charge on any atom is -0.506 e. The lowest BCUT2D eigenvalue weighted by Crippen LogP contribution is -2.39. The molecule has 3 heteroatoms. The monoisotopic (exact) mass is 312 g/mol. The fourth-order valence-electron chi connectivity index (χ4n) is 4.18. The number of benzene rings is 2. The van der Waals surface area contributed by atoms with Crippen molar-refractivity contribution in [3.63, 3.8) is 0 Å². The van der Waals surface area contributed by atoms with Gasteiger partial charge in [-0.2, -0.15) is 0 Å². The zero-order chi connectivity index (χ0) is 15.3. The summed E-state index contributed by atoms with van der Waals surface area (Å²) in [6.45, 7) is 1.04. The lowest BCUT2D eigenvalue weighted by Gasteiger charge is -2.38. The number of nitrogens with zero attached hydrogens (tertiary/aromatic N) is 1. The average Bonchev–Trinajstić information content (AvgIpc) is 2.66. The van der Waals surface area contributed by atoms with Gasteiger partial charge < -0.3 is 10.0 Å². The van der Waals surface area contributed by atoms with Gasteiger partial charge in [0.1, 0.15) is 5.75 Å². The minimum absolute atomic E-state index is 0.201. The van der Waals surface area contributed by atoms with Crippen molar-refractivity contribution in [2.24, 2.45) is 0 Å². The molecule has 2 nitrogen and oxygen atoms in total. The third kappa shape index (κ3) is 2.13.